The lowest BCUT2D eigenvalue weighted by molar-refractivity contribution is -0.120. The predicted molar refractivity (Wildman–Crippen MR) is 55.7 cm³/mol. The molecule has 1 amide bonds. The molecule has 0 spiro atoms. The number of nitrogens with one attached hydrogen (secondary N) is 1. The van der Waals surface area contributed by atoms with E-state index >= 15 is 0 Å². The Morgan fingerprint density at radius 3 is 1.94 bits per heavy atom. The van der Waals surface area contributed by atoms with Crippen molar-refractivity contribution in [1.29, 1.82) is 0 Å². The van der Waals surface area contributed by atoms with E-state index in [1.165, 1.54) is 6.42 Å². The number of carbonyl (C=O) groups is 1. The molecule has 0 radical (unpaired) electrons. The molecule has 1 saturated heterocycles. The minimum Gasteiger partial charge on any atom is -0.356 e. The van der Waals surface area contributed by atoms with Gasteiger partial charge in [0.25, 0.3) is 0 Å². The summed E-state index contributed by atoms with van der Waals surface area (Å²) in [4.78, 5) is 10.6. The van der Waals surface area contributed by atoms with E-state index in [1.807, 2.05) is 0 Å². The van der Waals surface area contributed by atoms with Crippen LogP contribution in [0.4, 0.5) is 0 Å². The van der Waals surface area contributed by atoms with Gasteiger partial charge < -0.3 is 5.32 Å². The molecule has 0 aromatic rings. The number of carbonyl (C=O) groups excluding carboxylic acids is 1. The summed E-state index contributed by atoms with van der Waals surface area (Å²) in [5.41, 5.74) is 0. The van der Waals surface area contributed by atoms with Crippen molar-refractivity contribution in [1.82, 2.24) is 5.32 Å². The largest absolute Gasteiger partial charge is 0.413 e. The number of hydrogen-bond acceptors (Lipinski definition) is 6. The maximum Gasteiger partial charge on any atom is 0.413 e. The van der Waals surface area contributed by atoms with Crippen molar-refractivity contribution in [3.63, 3.8) is 0 Å². The summed E-state index contributed by atoms with van der Waals surface area (Å²) in [6, 6.07) is 0. The molecular weight excluding hydrogens is 278 g/mol. The molecule has 9 nitrogen and oxygen atoms in total. The van der Waals surface area contributed by atoms with Crippen molar-refractivity contribution in [3.8, 4) is 0 Å². The number of hydrogen-bond donors (Lipinski definition) is 3. The van der Waals surface area contributed by atoms with Gasteiger partial charge in [-0.1, -0.05) is 6.42 Å². The van der Waals surface area contributed by atoms with Crippen molar-refractivity contribution < 1.29 is 34.4 Å². The molecule has 0 atom stereocenters. The van der Waals surface area contributed by atoms with Crippen LogP contribution >= 0.6 is 0 Å². The molecule has 102 valence electrons. The monoisotopic (exact) mass is 291 g/mol. The zero-order valence-electron chi connectivity index (χ0n) is 8.70. The summed E-state index contributed by atoms with van der Waals surface area (Å²) in [5.74, 6) is 0.225. The summed E-state index contributed by atoms with van der Waals surface area (Å²) in [6.45, 7) is 0.888. The third-order valence-electron chi connectivity index (χ3n) is 1.57. The fraction of sp³-hybridized carbons (Fsp3) is 0.833. The zero-order valence-corrected chi connectivity index (χ0v) is 10.3. The first-order valence-electron chi connectivity index (χ1n) is 4.53. The Morgan fingerprint density at radius 2 is 1.53 bits per heavy atom. The van der Waals surface area contributed by atoms with Gasteiger partial charge in [-0.2, -0.15) is 16.8 Å². The number of amides is 1. The molecular formula is C6H13NO8S2. The molecule has 1 fully saturated rings. The van der Waals surface area contributed by atoms with Gasteiger partial charge >= 0.3 is 20.8 Å². The maximum absolute atomic E-state index is 10.6. The Balaban J connectivity index is 0.000000302. The molecule has 1 aliphatic rings. The third kappa shape index (κ3) is 13.2. The van der Waals surface area contributed by atoms with Crippen molar-refractivity contribution in [2.75, 3.05) is 6.54 Å². The van der Waals surface area contributed by atoms with Crippen LogP contribution in [0.25, 0.3) is 0 Å². The lowest BCUT2D eigenvalue weighted by atomic mass is 10.2. The molecule has 11 heteroatoms. The molecule has 1 heterocycles. The Morgan fingerprint density at radius 1 is 1.00 bits per heavy atom. The Hall–Kier alpha value is -0.750. The van der Waals surface area contributed by atoms with E-state index in [9.17, 15) is 21.6 Å². The smallest absolute Gasteiger partial charge is 0.356 e. The normalized spacial score (nSPS) is 17.4. The van der Waals surface area contributed by atoms with Crippen LogP contribution in [0.3, 0.4) is 0 Å². The summed E-state index contributed by atoms with van der Waals surface area (Å²) in [6.07, 6.45) is 4.18. The molecule has 0 bridgehead atoms. The SMILES string of the molecule is O=C1CCCCCN1.O=S(=O)(O)OS(=O)(=O)O. The first-order chi connectivity index (χ1) is 7.60. The van der Waals surface area contributed by atoms with Crippen LogP contribution in [0.2, 0.25) is 0 Å². The maximum atomic E-state index is 10.6. The standard InChI is InChI=1S/C6H11NO.H2O7S2/c8-6-4-2-1-3-5-7-6;1-8(2,3)7-9(4,5)6/h1-5H2,(H,7,8);(H,1,2,3)(H,4,5,6). The van der Waals surface area contributed by atoms with Gasteiger partial charge in [0.05, 0.1) is 0 Å². The second-order valence-electron chi connectivity index (χ2n) is 3.08. The molecule has 3 N–H and O–H groups in total. The van der Waals surface area contributed by atoms with Crippen LogP contribution < -0.4 is 5.32 Å². The summed E-state index contributed by atoms with van der Waals surface area (Å²) in [5, 5.41) is 2.81. The lowest BCUT2D eigenvalue weighted by Gasteiger charge is -1.93. The molecule has 0 unspecified atom stereocenters. The summed E-state index contributed by atoms with van der Waals surface area (Å²) in [7, 11) is -10.2. The Bertz CT molecular complexity index is 399. The van der Waals surface area contributed by atoms with Crippen LogP contribution in [0.5, 0.6) is 0 Å². The molecule has 0 saturated carbocycles. The van der Waals surface area contributed by atoms with E-state index in [-0.39, 0.29) is 5.91 Å². The highest BCUT2D eigenvalue weighted by molar-refractivity contribution is 7.94. The van der Waals surface area contributed by atoms with Crippen LogP contribution in [0.1, 0.15) is 25.7 Å². The molecule has 1 aliphatic heterocycles. The first kappa shape index (κ1) is 16.2. The molecule has 0 aliphatic carbocycles. The fourth-order valence-electron chi connectivity index (χ4n) is 1.01. The highest BCUT2D eigenvalue weighted by atomic mass is 32.3. The van der Waals surface area contributed by atoms with Crippen LogP contribution in [0, 0.1) is 0 Å². The van der Waals surface area contributed by atoms with Crippen molar-refractivity contribution in [3.05, 3.63) is 0 Å². The quantitative estimate of drug-likeness (QED) is 0.565. The fourth-order valence-corrected chi connectivity index (χ4v) is 1.88. The third-order valence-corrected chi connectivity index (χ3v) is 2.95. The minimum absolute atomic E-state index is 0.225. The van der Waals surface area contributed by atoms with Crippen molar-refractivity contribution in [2.45, 2.75) is 25.7 Å². The molecule has 17 heavy (non-hydrogen) atoms. The van der Waals surface area contributed by atoms with Gasteiger partial charge in [0, 0.05) is 13.0 Å². The molecule has 0 aromatic heterocycles. The van der Waals surface area contributed by atoms with Crippen LogP contribution in [-0.2, 0) is 29.2 Å². The average molecular weight is 291 g/mol. The summed E-state index contributed by atoms with van der Waals surface area (Å²) < 4.78 is 55.6. The second kappa shape index (κ2) is 6.86. The van der Waals surface area contributed by atoms with Gasteiger partial charge in [-0.25, -0.2) is 0 Å². The van der Waals surface area contributed by atoms with Crippen LogP contribution in [-0.4, -0.2) is 38.4 Å². The van der Waals surface area contributed by atoms with E-state index in [0.29, 0.717) is 0 Å². The Kier molecular flexibility index (Phi) is 6.56. The van der Waals surface area contributed by atoms with E-state index in [2.05, 4.69) is 8.95 Å². The number of rotatable bonds is 2. The second-order valence-corrected chi connectivity index (χ2v) is 5.34. The van der Waals surface area contributed by atoms with E-state index in [0.717, 1.165) is 25.8 Å². The first-order valence-corrected chi connectivity index (χ1v) is 7.26. The topological polar surface area (TPSA) is 147 Å². The zero-order chi connectivity index (χ0) is 13.5. The molecule has 1 rings (SSSR count). The van der Waals surface area contributed by atoms with E-state index in [4.69, 9.17) is 9.11 Å². The van der Waals surface area contributed by atoms with Gasteiger partial charge in [-0.05, 0) is 12.8 Å². The average Bonchev–Trinajstić information content (AvgIpc) is 2.26. The van der Waals surface area contributed by atoms with Gasteiger partial charge in [0.15, 0.2) is 0 Å². The van der Waals surface area contributed by atoms with E-state index < -0.39 is 20.8 Å². The highest BCUT2D eigenvalue weighted by Gasteiger charge is 2.15. The predicted octanol–water partition coefficient (Wildman–Crippen LogP) is -0.715. The minimum atomic E-state index is -5.12. The van der Waals surface area contributed by atoms with Gasteiger partial charge in [0.1, 0.15) is 0 Å². The molecule has 0 aromatic carbocycles. The van der Waals surface area contributed by atoms with Crippen molar-refractivity contribution >= 4 is 26.7 Å². The van der Waals surface area contributed by atoms with Gasteiger partial charge in [0.2, 0.25) is 5.91 Å². The van der Waals surface area contributed by atoms with Gasteiger partial charge in [-0.15, -0.1) is 3.63 Å². The Labute approximate surface area is 99.1 Å². The van der Waals surface area contributed by atoms with E-state index in [1.54, 1.807) is 0 Å². The lowest BCUT2D eigenvalue weighted by Crippen LogP contribution is -2.21. The van der Waals surface area contributed by atoms with Crippen molar-refractivity contribution in [2.24, 2.45) is 0 Å². The van der Waals surface area contributed by atoms with Gasteiger partial charge in [-0.3, -0.25) is 13.9 Å². The van der Waals surface area contributed by atoms with Crippen LogP contribution in [0.15, 0.2) is 0 Å². The highest BCUT2D eigenvalue weighted by Crippen LogP contribution is 2.02. The summed E-state index contributed by atoms with van der Waals surface area (Å²) >= 11 is 0.